The lowest BCUT2D eigenvalue weighted by molar-refractivity contribution is -0.115. The first-order valence-corrected chi connectivity index (χ1v) is 12.0. The largest absolute Gasteiger partial charge is 0.489 e. The van der Waals surface area contributed by atoms with Crippen LogP contribution in [0, 0.1) is 6.92 Å². The van der Waals surface area contributed by atoms with Crippen LogP contribution in [-0.4, -0.2) is 20.0 Å². The number of carbonyl (C=O) groups excluding carboxylic acids is 1. The molecule has 0 unspecified atom stereocenters. The van der Waals surface area contributed by atoms with Gasteiger partial charge in [-0.15, -0.1) is 0 Å². The highest BCUT2D eigenvalue weighted by Gasteiger charge is 2.23. The Bertz CT molecular complexity index is 1390. The highest BCUT2D eigenvalue weighted by atomic mass is 32.2. The van der Waals surface area contributed by atoms with Crippen LogP contribution in [0.2, 0.25) is 0 Å². The van der Waals surface area contributed by atoms with Gasteiger partial charge in [-0.05, 0) is 42.8 Å². The van der Waals surface area contributed by atoms with Gasteiger partial charge in [0.05, 0.1) is 10.6 Å². The highest BCUT2D eigenvalue weighted by molar-refractivity contribution is 8.26. The smallest absolute Gasteiger partial charge is 0.263 e. The lowest BCUT2D eigenvalue weighted by Crippen LogP contribution is -2.17. The number of rotatable bonds is 6. The number of hydrogen-bond acceptors (Lipinski definition) is 5. The van der Waals surface area contributed by atoms with Crippen molar-refractivity contribution in [3.8, 4) is 22.7 Å². The molecule has 3 aromatic carbocycles. The van der Waals surface area contributed by atoms with E-state index in [1.807, 2.05) is 71.6 Å². The summed E-state index contributed by atoms with van der Waals surface area (Å²) in [5.74, 6) is 0.559. The van der Waals surface area contributed by atoms with Gasteiger partial charge in [-0.25, -0.2) is 4.68 Å². The van der Waals surface area contributed by atoms with E-state index in [-0.39, 0.29) is 5.91 Å². The fourth-order valence-electron chi connectivity index (χ4n) is 3.58. The van der Waals surface area contributed by atoms with E-state index in [4.69, 9.17) is 22.1 Å². The van der Waals surface area contributed by atoms with Gasteiger partial charge in [0.1, 0.15) is 22.4 Å². The number of benzene rings is 3. The molecule has 1 saturated heterocycles. The molecule has 7 heteroatoms. The van der Waals surface area contributed by atoms with Crippen LogP contribution in [0.1, 0.15) is 16.7 Å². The lowest BCUT2D eigenvalue weighted by Gasteiger charge is -2.08. The molecule has 2 heterocycles. The second-order valence-electron chi connectivity index (χ2n) is 7.87. The van der Waals surface area contributed by atoms with Crippen molar-refractivity contribution < 1.29 is 9.53 Å². The number of ether oxygens (including phenoxy) is 1. The van der Waals surface area contributed by atoms with E-state index in [2.05, 4.69) is 36.5 Å². The number of aryl methyl sites for hydroxylation is 1. The van der Waals surface area contributed by atoms with Crippen molar-refractivity contribution in [1.82, 2.24) is 15.1 Å². The molecule has 5 nitrogen and oxygen atoms in total. The zero-order valence-electron chi connectivity index (χ0n) is 18.4. The first-order chi connectivity index (χ1) is 16.5. The van der Waals surface area contributed by atoms with Crippen LogP contribution < -0.4 is 10.1 Å². The standard InChI is InChI=1S/C27H21N3O2S2/c1-18-10-12-19(13-11-18)17-32-23-9-5-6-20(14-23)25-21(15-24-26(31)28-27(33)34-24)16-30(29-25)22-7-3-2-4-8-22/h2-16H,17H2,1H3,(H,28,31,33)/b24-15-. The van der Waals surface area contributed by atoms with Gasteiger partial charge < -0.3 is 10.1 Å². The number of hydrogen-bond donors (Lipinski definition) is 1. The third-order valence-electron chi connectivity index (χ3n) is 5.33. The normalized spacial score (nSPS) is 14.4. The summed E-state index contributed by atoms with van der Waals surface area (Å²) in [5.41, 5.74) is 5.73. The van der Waals surface area contributed by atoms with Crippen LogP contribution in [0.15, 0.2) is 90.0 Å². The molecule has 1 aromatic heterocycles. The SMILES string of the molecule is Cc1ccc(COc2cccc(-c3nn(-c4ccccc4)cc3/C=C3\SC(=S)NC3=O)c2)cc1. The van der Waals surface area contributed by atoms with E-state index in [1.54, 1.807) is 0 Å². The number of nitrogens with one attached hydrogen (secondary N) is 1. The first-order valence-electron chi connectivity index (χ1n) is 10.7. The van der Waals surface area contributed by atoms with E-state index < -0.39 is 0 Å². The Morgan fingerprint density at radius 2 is 1.85 bits per heavy atom. The van der Waals surface area contributed by atoms with Crippen LogP contribution in [0.5, 0.6) is 5.75 Å². The van der Waals surface area contributed by atoms with Gasteiger partial charge in [0.2, 0.25) is 0 Å². The summed E-state index contributed by atoms with van der Waals surface area (Å²) in [6.07, 6.45) is 3.76. The summed E-state index contributed by atoms with van der Waals surface area (Å²) in [7, 11) is 0. The minimum atomic E-state index is -0.191. The Morgan fingerprint density at radius 1 is 1.06 bits per heavy atom. The molecule has 1 N–H and O–H groups in total. The molecule has 34 heavy (non-hydrogen) atoms. The van der Waals surface area contributed by atoms with Gasteiger partial charge in [0.25, 0.3) is 5.91 Å². The molecule has 0 spiro atoms. The molecular weight excluding hydrogens is 462 g/mol. The van der Waals surface area contributed by atoms with Gasteiger partial charge in [-0.3, -0.25) is 4.79 Å². The number of thiocarbonyl (C=S) groups is 1. The Labute approximate surface area is 207 Å². The average Bonchev–Trinajstić information content (AvgIpc) is 3.42. The third kappa shape index (κ3) is 4.95. The van der Waals surface area contributed by atoms with E-state index in [1.165, 1.54) is 17.3 Å². The Balaban J connectivity index is 1.49. The molecule has 168 valence electrons. The zero-order chi connectivity index (χ0) is 23.5. The van der Waals surface area contributed by atoms with Gasteiger partial charge in [-0.2, -0.15) is 5.10 Å². The third-order valence-corrected chi connectivity index (χ3v) is 6.49. The predicted molar refractivity (Wildman–Crippen MR) is 141 cm³/mol. The molecule has 0 radical (unpaired) electrons. The molecule has 4 aromatic rings. The summed E-state index contributed by atoms with van der Waals surface area (Å²) in [6.45, 7) is 2.55. The molecule has 0 atom stereocenters. The predicted octanol–water partition coefficient (Wildman–Crippen LogP) is 5.92. The topological polar surface area (TPSA) is 56.1 Å². The number of aromatic nitrogens is 2. The maximum atomic E-state index is 12.3. The van der Waals surface area contributed by atoms with Crippen LogP contribution in [-0.2, 0) is 11.4 Å². The van der Waals surface area contributed by atoms with E-state index in [0.717, 1.165) is 33.8 Å². The summed E-state index contributed by atoms with van der Waals surface area (Å²) in [6, 6.07) is 26.0. The molecule has 1 aliphatic rings. The van der Waals surface area contributed by atoms with Crippen LogP contribution in [0.4, 0.5) is 0 Å². The number of para-hydroxylation sites is 1. The Hall–Kier alpha value is -3.68. The maximum Gasteiger partial charge on any atom is 0.263 e. The van der Waals surface area contributed by atoms with Crippen molar-refractivity contribution in [2.24, 2.45) is 0 Å². The van der Waals surface area contributed by atoms with Crippen molar-refractivity contribution in [1.29, 1.82) is 0 Å². The van der Waals surface area contributed by atoms with E-state index in [0.29, 0.717) is 15.8 Å². The number of carbonyl (C=O) groups is 1. The molecule has 1 aliphatic heterocycles. The van der Waals surface area contributed by atoms with Gasteiger partial charge in [0, 0.05) is 17.3 Å². The molecule has 1 amide bonds. The Kier molecular flexibility index (Phi) is 6.29. The molecule has 5 rings (SSSR count). The highest BCUT2D eigenvalue weighted by Crippen LogP contribution is 2.32. The van der Waals surface area contributed by atoms with Crippen molar-refractivity contribution >= 4 is 40.3 Å². The molecular formula is C27H21N3O2S2. The molecule has 1 fully saturated rings. The maximum absolute atomic E-state index is 12.3. The van der Waals surface area contributed by atoms with Crippen LogP contribution in [0.25, 0.3) is 23.0 Å². The number of nitrogens with zero attached hydrogens (tertiary/aromatic N) is 2. The summed E-state index contributed by atoms with van der Waals surface area (Å²) in [4.78, 5) is 12.8. The fourth-order valence-corrected chi connectivity index (χ4v) is 4.61. The second kappa shape index (κ2) is 9.67. The monoisotopic (exact) mass is 483 g/mol. The molecule has 0 saturated carbocycles. The zero-order valence-corrected chi connectivity index (χ0v) is 20.0. The van der Waals surface area contributed by atoms with Crippen molar-refractivity contribution in [3.63, 3.8) is 0 Å². The van der Waals surface area contributed by atoms with Crippen molar-refractivity contribution in [3.05, 3.63) is 107 Å². The fraction of sp³-hybridized carbons (Fsp3) is 0.0741. The first kappa shape index (κ1) is 22.1. The summed E-state index contributed by atoms with van der Waals surface area (Å²) < 4.78 is 8.33. The number of amides is 1. The van der Waals surface area contributed by atoms with E-state index >= 15 is 0 Å². The Morgan fingerprint density at radius 3 is 2.59 bits per heavy atom. The van der Waals surface area contributed by atoms with Crippen LogP contribution in [0.3, 0.4) is 0 Å². The minimum absolute atomic E-state index is 0.191. The van der Waals surface area contributed by atoms with Gasteiger partial charge >= 0.3 is 0 Å². The molecule has 0 aliphatic carbocycles. The van der Waals surface area contributed by atoms with Crippen molar-refractivity contribution in [2.45, 2.75) is 13.5 Å². The minimum Gasteiger partial charge on any atom is -0.489 e. The number of thioether (sulfide) groups is 1. The quantitative estimate of drug-likeness (QED) is 0.273. The average molecular weight is 484 g/mol. The second-order valence-corrected chi connectivity index (χ2v) is 9.59. The molecule has 0 bridgehead atoms. The van der Waals surface area contributed by atoms with Crippen molar-refractivity contribution in [2.75, 3.05) is 0 Å². The summed E-state index contributed by atoms with van der Waals surface area (Å²) in [5, 5.41) is 7.52. The van der Waals surface area contributed by atoms with Gasteiger partial charge in [-0.1, -0.05) is 84.1 Å². The van der Waals surface area contributed by atoms with E-state index in [9.17, 15) is 4.79 Å². The lowest BCUT2D eigenvalue weighted by atomic mass is 10.1. The van der Waals surface area contributed by atoms with Gasteiger partial charge in [0.15, 0.2) is 0 Å². The van der Waals surface area contributed by atoms with Crippen LogP contribution >= 0.6 is 24.0 Å². The summed E-state index contributed by atoms with van der Waals surface area (Å²) >= 11 is 6.40.